The van der Waals surface area contributed by atoms with Crippen LogP contribution in [0.15, 0.2) is 71.7 Å². The zero-order chi connectivity index (χ0) is 24.1. The minimum atomic E-state index is -0.202. The Bertz CT molecular complexity index is 1370. The number of fused-ring (bicyclic) bond motifs is 2. The Morgan fingerprint density at radius 1 is 1.00 bits per heavy atom. The summed E-state index contributed by atoms with van der Waals surface area (Å²) in [4.78, 5) is 18.5. The Hall–Kier alpha value is -3.58. The van der Waals surface area contributed by atoms with Gasteiger partial charge >= 0.3 is 0 Å². The summed E-state index contributed by atoms with van der Waals surface area (Å²) in [6.07, 6.45) is 1.53. The predicted octanol–water partition coefficient (Wildman–Crippen LogP) is 4.21. The van der Waals surface area contributed by atoms with E-state index in [-0.39, 0.29) is 41.1 Å². The molecule has 0 aliphatic heterocycles. The predicted molar refractivity (Wildman–Crippen MR) is 136 cm³/mol. The van der Waals surface area contributed by atoms with E-state index in [0.29, 0.717) is 28.9 Å². The second-order valence-electron chi connectivity index (χ2n) is 8.24. The number of amides is 1. The summed E-state index contributed by atoms with van der Waals surface area (Å²) < 4.78 is 5.67. The number of hydrogen-bond donors (Lipinski definition) is 3. The van der Waals surface area contributed by atoms with E-state index in [9.17, 15) is 15.0 Å². The van der Waals surface area contributed by atoms with Gasteiger partial charge in [0.1, 0.15) is 22.9 Å². The average molecular weight is 521 g/mol. The number of phenolic OH excluding ortho intramolecular Hbond substituents is 2. The van der Waals surface area contributed by atoms with E-state index in [2.05, 4.69) is 10.3 Å². The van der Waals surface area contributed by atoms with Gasteiger partial charge in [0.25, 0.3) is 5.91 Å². The molecule has 0 spiro atoms. The summed E-state index contributed by atoms with van der Waals surface area (Å²) in [6, 6.07) is 20.0. The molecule has 0 fully saturated rings. The second kappa shape index (κ2) is 11.7. The molecule has 4 aromatic carbocycles. The zero-order valence-electron chi connectivity index (χ0n) is 19.5. The van der Waals surface area contributed by atoms with Gasteiger partial charge in [0, 0.05) is 47.3 Å². The fourth-order valence-corrected chi connectivity index (χ4v) is 3.64. The standard InChI is InChI=1S/C27H27N3O4.Cu/c1-30(2)14-13-28-26(32)17-34-20-10-7-19-9-12-25(31)23(22(19)15-20)16-29-24-11-8-18-5-3-4-6-21(18)27(24)33;/h3-12,15-16,31,33H,13-14,17H2,1-2H3,(H,28,32);. The van der Waals surface area contributed by atoms with Gasteiger partial charge in [-0.2, -0.15) is 0 Å². The van der Waals surface area contributed by atoms with Crippen LogP contribution in [-0.2, 0) is 21.9 Å². The number of aromatic hydroxyl groups is 2. The van der Waals surface area contributed by atoms with E-state index < -0.39 is 0 Å². The number of phenols is 2. The van der Waals surface area contributed by atoms with Crippen molar-refractivity contribution in [2.45, 2.75) is 0 Å². The van der Waals surface area contributed by atoms with Gasteiger partial charge in [-0.3, -0.25) is 9.79 Å². The van der Waals surface area contributed by atoms with Crippen LogP contribution in [0.25, 0.3) is 21.5 Å². The smallest absolute Gasteiger partial charge is 0.257 e. The van der Waals surface area contributed by atoms with E-state index in [4.69, 9.17) is 4.74 Å². The Labute approximate surface area is 214 Å². The number of nitrogens with zero attached hydrogens (tertiary/aromatic N) is 2. The first-order valence-electron chi connectivity index (χ1n) is 11.0. The maximum absolute atomic E-state index is 12.0. The van der Waals surface area contributed by atoms with Crippen molar-refractivity contribution in [3.63, 3.8) is 0 Å². The van der Waals surface area contributed by atoms with Crippen LogP contribution in [0.4, 0.5) is 5.69 Å². The molecule has 0 aromatic heterocycles. The molecule has 0 saturated heterocycles. The Kier molecular flexibility index (Phi) is 8.71. The number of rotatable bonds is 8. The number of likely N-dealkylation sites (N-methyl/N-ethyl adjacent to an activating group) is 1. The monoisotopic (exact) mass is 520 g/mol. The fraction of sp³-hybridized carbons (Fsp3) is 0.185. The molecule has 4 rings (SSSR count). The summed E-state index contributed by atoms with van der Waals surface area (Å²) >= 11 is 0. The van der Waals surface area contributed by atoms with Crippen LogP contribution in [0.5, 0.6) is 17.2 Å². The molecule has 8 heteroatoms. The summed E-state index contributed by atoms with van der Waals surface area (Å²) in [5.41, 5.74) is 0.892. The van der Waals surface area contributed by atoms with Crippen LogP contribution in [0.3, 0.4) is 0 Å². The van der Waals surface area contributed by atoms with E-state index in [1.807, 2.05) is 55.4 Å². The second-order valence-corrected chi connectivity index (χ2v) is 8.24. The van der Waals surface area contributed by atoms with E-state index in [0.717, 1.165) is 22.7 Å². The van der Waals surface area contributed by atoms with Gasteiger partial charge in [-0.1, -0.05) is 42.5 Å². The van der Waals surface area contributed by atoms with Crippen LogP contribution in [-0.4, -0.2) is 61.0 Å². The molecule has 0 aliphatic carbocycles. The maximum Gasteiger partial charge on any atom is 0.257 e. The number of hydrogen-bond acceptors (Lipinski definition) is 6. The van der Waals surface area contributed by atoms with Crippen LogP contribution in [0.2, 0.25) is 0 Å². The molecule has 0 bridgehead atoms. The molecule has 1 radical (unpaired) electrons. The zero-order valence-corrected chi connectivity index (χ0v) is 20.4. The Balaban J connectivity index is 0.00000342. The third-order valence-corrected chi connectivity index (χ3v) is 5.47. The van der Waals surface area contributed by atoms with Crippen LogP contribution in [0, 0.1) is 0 Å². The van der Waals surface area contributed by atoms with Crippen LogP contribution < -0.4 is 10.1 Å². The molecule has 7 nitrogen and oxygen atoms in total. The van der Waals surface area contributed by atoms with Gasteiger partial charge in [-0.05, 0) is 54.5 Å². The largest absolute Gasteiger partial charge is 0.507 e. The van der Waals surface area contributed by atoms with E-state index in [1.54, 1.807) is 30.3 Å². The van der Waals surface area contributed by atoms with Crippen molar-refractivity contribution in [3.05, 3.63) is 72.3 Å². The van der Waals surface area contributed by atoms with Crippen molar-refractivity contribution in [1.29, 1.82) is 0 Å². The number of carbonyl (C=O) groups excluding carboxylic acids is 1. The number of aliphatic imine (C=N–C) groups is 1. The molecule has 35 heavy (non-hydrogen) atoms. The van der Waals surface area contributed by atoms with Crippen molar-refractivity contribution >= 4 is 39.4 Å². The average Bonchev–Trinajstić information content (AvgIpc) is 2.83. The molecule has 185 valence electrons. The fourth-order valence-electron chi connectivity index (χ4n) is 3.64. The van der Waals surface area contributed by atoms with Crippen LogP contribution in [0.1, 0.15) is 5.56 Å². The van der Waals surface area contributed by atoms with Crippen molar-refractivity contribution in [2.24, 2.45) is 4.99 Å². The molecule has 0 unspecified atom stereocenters. The topological polar surface area (TPSA) is 94.4 Å². The number of benzene rings is 4. The molecule has 0 atom stereocenters. The van der Waals surface area contributed by atoms with Gasteiger partial charge in [-0.25, -0.2) is 0 Å². The number of nitrogens with one attached hydrogen (secondary N) is 1. The molecule has 0 aliphatic rings. The molecule has 0 saturated carbocycles. The van der Waals surface area contributed by atoms with E-state index >= 15 is 0 Å². The summed E-state index contributed by atoms with van der Waals surface area (Å²) in [6.45, 7) is 1.19. The van der Waals surface area contributed by atoms with Crippen molar-refractivity contribution < 1.29 is 36.8 Å². The molecule has 4 aromatic rings. The van der Waals surface area contributed by atoms with Crippen molar-refractivity contribution in [2.75, 3.05) is 33.8 Å². The van der Waals surface area contributed by atoms with Gasteiger partial charge in [-0.15, -0.1) is 0 Å². The summed E-state index contributed by atoms with van der Waals surface area (Å²) in [7, 11) is 3.88. The van der Waals surface area contributed by atoms with Crippen molar-refractivity contribution in [1.82, 2.24) is 10.2 Å². The Morgan fingerprint density at radius 3 is 2.51 bits per heavy atom. The van der Waals surface area contributed by atoms with Crippen LogP contribution >= 0.6 is 0 Å². The van der Waals surface area contributed by atoms with Gasteiger partial charge in [0.15, 0.2) is 6.61 Å². The molecule has 1 amide bonds. The summed E-state index contributed by atoms with van der Waals surface area (Å²) in [5.74, 6) is 0.434. The van der Waals surface area contributed by atoms with Gasteiger partial charge in [0.05, 0.1) is 0 Å². The third kappa shape index (κ3) is 6.31. The molecular weight excluding hydrogens is 494 g/mol. The van der Waals surface area contributed by atoms with Gasteiger partial charge < -0.3 is 25.2 Å². The number of ether oxygens (including phenoxy) is 1. The summed E-state index contributed by atoms with van der Waals surface area (Å²) in [5, 5.41) is 27.2. The quantitative estimate of drug-likeness (QED) is 0.239. The van der Waals surface area contributed by atoms with Gasteiger partial charge in [0.2, 0.25) is 0 Å². The third-order valence-electron chi connectivity index (χ3n) is 5.47. The first kappa shape index (κ1) is 26.0. The maximum atomic E-state index is 12.0. The minimum absolute atomic E-state index is 0. The Morgan fingerprint density at radius 2 is 1.71 bits per heavy atom. The molecule has 3 N–H and O–H groups in total. The first-order valence-corrected chi connectivity index (χ1v) is 11.0. The van der Waals surface area contributed by atoms with E-state index in [1.165, 1.54) is 6.21 Å². The van der Waals surface area contributed by atoms with Crippen molar-refractivity contribution in [3.8, 4) is 17.2 Å². The first-order chi connectivity index (χ1) is 16.4. The molecule has 0 heterocycles. The molecular formula is C27H27CuN3O4. The number of carbonyl (C=O) groups is 1. The SMILES string of the molecule is CN(C)CCNC(=O)COc1ccc2ccc(O)c(C=Nc3ccc4ccccc4c3O)c2c1.[Cu]. The normalized spacial score (nSPS) is 11.2. The minimum Gasteiger partial charge on any atom is -0.507 e.